The number of carbonyl (C=O) groups excluding carboxylic acids is 3. The maximum atomic E-state index is 12.8. The first-order valence-electron chi connectivity index (χ1n) is 8.02. The van der Waals surface area contributed by atoms with E-state index in [1.807, 2.05) is 0 Å². The molecule has 1 aliphatic rings. The van der Waals surface area contributed by atoms with E-state index in [-0.39, 0.29) is 13.1 Å². The van der Waals surface area contributed by atoms with Gasteiger partial charge in [0.25, 0.3) is 5.91 Å². The Labute approximate surface area is 150 Å². The van der Waals surface area contributed by atoms with Gasteiger partial charge in [0.1, 0.15) is 23.6 Å². The van der Waals surface area contributed by atoms with Crippen molar-refractivity contribution < 1.29 is 23.5 Å². The van der Waals surface area contributed by atoms with Crippen LogP contribution in [0.4, 0.5) is 4.79 Å². The number of amides is 4. The molecule has 1 aliphatic heterocycles. The van der Waals surface area contributed by atoms with Crippen molar-refractivity contribution in [2.24, 2.45) is 0 Å². The maximum absolute atomic E-state index is 12.8. The summed E-state index contributed by atoms with van der Waals surface area (Å²) in [5, 5.41) is 5.27. The fourth-order valence-electron chi connectivity index (χ4n) is 2.76. The van der Waals surface area contributed by atoms with E-state index in [2.05, 4.69) is 10.6 Å². The predicted molar refractivity (Wildman–Crippen MR) is 91.1 cm³/mol. The van der Waals surface area contributed by atoms with Gasteiger partial charge in [-0.15, -0.1) is 0 Å². The summed E-state index contributed by atoms with van der Waals surface area (Å²) in [5.74, 6) is 0.284. The predicted octanol–water partition coefficient (Wildman–Crippen LogP) is 1.37. The van der Waals surface area contributed by atoms with E-state index in [9.17, 15) is 14.4 Å². The molecule has 0 saturated carbocycles. The van der Waals surface area contributed by atoms with Crippen molar-refractivity contribution in [2.45, 2.75) is 19.0 Å². The molecular weight excluding hydrogens is 338 g/mol. The van der Waals surface area contributed by atoms with Crippen molar-refractivity contribution in [3.63, 3.8) is 0 Å². The standard InChI is InChI=1S/C18H19N3O5/c1-18(12-5-7-13(25-2)8-6-12)16(23)21(17(24)20-18)11-15(22)19-10-14-4-3-9-26-14/h3-9H,10-11H2,1-2H3,(H,19,22)(H,20,24). The van der Waals surface area contributed by atoms with E-state index in [1.165, 1.54) is 6.26 Å². The SMILES string of the molecule is COc1ccc(C2(C)NC(=O)N(CC(=O)NCc3ccco3)C2=O)cc1. The van der Waals surface area contributed by atoms with Gasteiger partial charge in [-0.3, -0.25) is 14.5 Å². The van der Waals surface area contributed by atoms with Gasteiger partial charge in [0.2, 0.25) is 5.91 Å². The molecule has 1 aromatic carbocycles. The molecule has 4 amide bonds. The number of imide groups is 1. The number of furan rings is 1. The zero-order chi connectivity index (χ0) is 18.7. The zero-order valence-electron chi connectivity index (χ0n) is 14.4. The number of urea groups is 1. The van der Waals surface area contributed by atoms with Crippen molar-refractivity contribution >= 4 is 17.8 Å². The van der Waals surface area contributed by atoms with Gasteiger partial charge in [0, 0.05) is 0 Å². The monoisotopic (exact) mass is 357 g/mol. The second-order valence-electron chi connectivity index (χ2n) is 6.03. The number of benzene rings is 1. The van der Waals surface area contributed by atoms with E-state index >= 15 is 0 Å². The lowest BCUT2D eigenvalue weighted by Crippen LogP contribution is -2.43. The molecule has 1 aromatic heterocycles. The Morgan fingerprint density at radius 1 is 1.27 bits per heavy atom. The molecule has 8 heteroatoms. The first-order valence-corrected chi connectivity index (χ1v) is 8.02. The summed E-state index contributed by atoms with van der Waals surface area (Å²) in [4.78, 5) is 38.0. The second-order valence-corrected chi connectivity index (χ2v) is 6.03. The molecule has 1 fully saturated rings. The minimum atomic E-state index is -1.23. The van der Waals surface area contributed by atoms with Crippen LogP contribution in [0.25, 0.3) is 0 Å². The van der Waals surface area contributed by atoms with Crippen molar-refractivity contribution in [3.05, 3.63) is 54.0 Å². The Morgan fingerprint density at radius 2 is 2.00 bits per heavy atom. The van der Waals surface area contributed by atoms with E-state index in [0.717, 1.165) is 4.90 Å². The molecule has 1 atom stereocenters. The molecule has 0 bridgehead atoms. The topological polar surface area (TPSA) is 101 Å². The van der Waals surface area contributed by atoms with Gasteiger partial charge in [0.15, 0.2) is 0 Å². The van der Waals surface area contributed by atoms with Crippen LogP contribution >= 0.6 is 0 Å². The number of rotatable bonds is 6. The number of carbonyl (C=O) groups is 3. The Hall–Kier alpha value is -3.29. The summed E-state index contributed by atoms with van der Waals surface area (Å²) in [6.07, 6.45) is 1.50. The first-order chi connectivity index (χ1) is 12.4. The lowest BCUT2D eigenvalue weighted by molar-refractivity contribution is -0.134. The minimum Gasteiger partial charge on any atom is -0.497 e. The van der Waals surface area contributed by atoms with Gasteiger partial charge in [-0.25, -0.2) is 4.79 Å². The molecule has 2 N–H and O–H groups in total. The van der Waals surface area contributed by atoms with Crippen LogP contribution in [0.2, 0.25) is 0 Å². The molecule has 0 aliphatic carbocycles. The molecule has 3 rings (SSSR count). The Kier molecular flexibility index (Phi) is 4.66. The molecule has 0 spiro atoms. The molecule has 1 unspecified atom stereocenters. The lowest BCUT2D eigenvalue weighted by atomic mass is 9.92. The van der Waals surface area contributed by atoms with Gasteiger partial charge in [0.05, 0.1) is 19.9 Å². The highest BCUT2D eigenvalue weighted by atomic mass is 16.5. The van der Waals surface area contributed by atoms with Crippen molar-refractivity contribution in [1.29, 1.82) is 0 Å². The van der Waals surface area contributed by atoms with Crippen LogP contribution in [0.1, 0.15) is 18.2 Å². The normalized spacial score (nSPS) is 19.4. The Balaban J connectivity index is 1.68. The third-order valence-electron chi connectivity index (χ3n) is 4.28. The molecule has 0 radical (unpaired) electrons. The average molecular weight is 357 g/mol. The number of nitrogens with one attached hydrogen (secondary N) is 2. The van der Waals surface area contributed by atoms with Gasteiger partial charge < -0.3 is 19.8 Å². The number of nitrogens with zero attached hydrogens (tertiary/aromatic N) is 1. The molecular formula is C18H19N3O5. The second kappa shape index (κ2) is 6.91. The van der Waals surface area contributed by atoms with Crippen molar-refractivity contribution in [1.82, 2.24) is 15.5 Å². The highest BCUT2D eigenvalue weighted by molar-refractivity contribution is 6.09. The molecule has 136 valence electrons. The van der Waals surface area contributed by atoms with Crippen molar-refractivity contribution in [3.8, 4) is 5.75 Å². The molecule has 26 heavy (non-hydrogen) atoms. The number of ether oxygens (including phenoxy) is 1. The van der Waals surface area contributed by atoms with E-state index in [1.54, 1.807) is 50.4 Å². The van der Waals surface area contributed by atoms with Crippen LogP contribution in [0.5, 0.6) is 5.75 Å². The third kappa shape index (κ3) is 3.26. The first kappa shape index (κ1) is 17.5. The summed E-state index contributed by atoms with van der Waals surface area (Å²) in [6, 6.07) is 9.64. The van der Waals surface area contributed by atoms with Crippen LogP contribution < -0.4 is 15.4 Å². The van der Waals surface area contributed by atoms with Gasteiger partial charge in [-0.05, 0) is 36.8 Å². The number of hydrogen-bond donors (Lipinski definition) is 2. The van der Waals surface area contributed by atoms with E-state index < -0.39 is 23.4 Å². The quantitative estimate of drug-likeness (QED) is 0.761. The summed E-state index contributed by atoms with van der Waals surface area (Å²) in [6.45, 7) is 1.43. The van der Waals surface area contributed by atoms with Crippen LogP contribution in [0.15, 0.2) is 47.1 Å². The fraction of sp³-hybridized carbons (Fsp3) is 0.278. The van der Waals surface area contributed by atoms with Crippen molar-refractivity contribution in [2.75, 3.05) is 13.7 Å². The third-order valence-corrected chi connectivity index (χ3v) is 4.28. The smallest absolute Gasteiger partial charge is 0.325 e. The number of hydrogen-bond acceptors (Lipinski definition) is 5. The van der Waals surface area contributed by atoms with Crippen LogP contribution in [0, 0.1) is 0 Å². The van der Waals surface area contributed by atoms with Gasteiger partial charge >= 0.3 is 6.03 Å². The summed E-state index contributed by atoms with van der Waals surface area (Å²) >= 11 is 0. The van der Waals surface area contributed by atoms with Crippen LogP contribution in [0.3, 0.4) is 0 Å². The largest absolute Gasteiger partial charge is 0.497 e. The maximum Gasteiger partial charge on any atom is 0.325 e. The molecule has 8 nitrogen and oxygen atoms in total. The lowest BCUT2D eigenvalue weighted by Gasteiger charge is -2.22. The summed E-state index contributed by atoms with van der Waals surface area (Å²) < 4.78 is 10.2. The van der Waals surface area contributed by atoms with Gasteiger partial charge in [-0.1, -0.05) is 12.1 Å². The molecule has 1 saturated heterocycles. The Morgan fingerprint density at radius 3 is 2.62 bits per heavy atom. The fourth-order valence-corrected chi connectivity index (χ4v) is 2.76. The van der Waals surface area contributed by atoms with E-state index in [4.69, 9.17) is 9.15 Å². The minimum absolute atomic E-state index is 0.186. The van der Waals surface area contributed by atoms with Gasteiger partial charge in [-0.2, -0.15) is 0 Å². The van der Waals surface area contributed by atoms with Crippen LogP contribution in [-0.4, -0.2) is 36.4 Å². The highest BCUT2D eigenvalue weighted by Gasteiger charge is 2.49. The molecule has 2 aromatic rings. The summed E-state index contributed by atoms with van der Waals surface area (Å²) in [7, 11) is 1.54. The molecule has 2 heterocycles. The average Bonchev–Trinajstić information content (AvgIpc) is 3.23. The highest BCUT2D eigenvalue weighted by Crippen LogP contribution is 2.29. The number of methoxy groups -OCH3 is 1. The summed E-state index contributed by atoms with van der Waals surface area (Å²) in [5.41, 5.74) is -0.625. The van der Waals surface area contributed by atoms with E-state index in [0.29, 0.717) is 17.1 Å². The van der Waals surface area contributed by atoms with Crippen LogP contribution in [-0.2, 0) is 21.7 Å². The Bertz CT molecular complexity index is 816. The zero-order valence-corrected chi connectivity index (χ0v) is 14.4.